The molecule has 2 aromatic heterocycles. The Kier molecular flexibility index (Phi) is 2.06. The van der Waals surface area contributed by atoms with Crippen LogP contribution in [0.15, 0.2) is 18.3 Å². The number of hydrogen-bond acceptors (Lipinski definition) is 1. The molecule has 2 heteroatoms. The van der Waals surface area contributed by atoms with Crippen LogP contribution in [0.3, 0.4) is 0 Å². The van der Waals surface area contributed by atoms with Crippen molar-refractivity contribution >= 4 is 5.65 Å². The van der Waals surface area contributed by atoms with Gasteiger partial charge in [-0.2, -0.15) is 0 Å². The van der Waals surface area contributed by atoms with Gasteiger partial charge in [0.2, 0.25) is 0 Å². The van der Waals surface area contributed by atoms with Gasteiger partial charge in [0.05, 0.1) is 5.69 Å². The molecule has 0 aliphatic heterocycles. The zero-order valence-corrected chi connectivity index (χ0v) is 10.2. The molecule has 0 saturated heterocycles. The van der Waals surface area contributed by atoms with E-state index in [1.165, 1.54) is 29.8 Å². The number of nitrogens with zero attached hydrogens (tertiary/aromatic N) is 2. The van der Waals surface area contributed by atoms with Crippen LogP contribution in [0, 0.1) is 12.8 Å². The Morgan fingerprint density at radius 1 is 1.31 bits per heavy atom. The van der Waals surface area contributed by atoms with Gasteiger partial charge in [0.25, 0.3) is 0 Å². The van der Waals surface area contributed by atoms with Gasteiger partial charge in [-0.3, -0.25) is 0 Å². The third-order valence-corrected chi connectivity index (χ3v) is 3.66. The zero-order chi connectivity index (χ0) is 11.3. The van der Waals surface area contributed by atoms with Crippen molar-refractivity contribution in [2.75, 3.05) is 0 Å². The van der Waals surface area contributed by atoms with E-state index in [1.54, 1.807) is 0 Å². The summed E-state index contributed by atoms with van der Waals surface area (Å²) in [6.07, 6.45) is 4.66. The molecule has 3 rings (SSSR count). The molecule has 0 aromatic carbocycles. The van der Waals surface area contributed by atoms with Crippen LogP contribution in [-0.4, -0.2) is 9.38 Å². The summed E-state index contributed by atoms with van der Waals surface area (Å²) in [5.74, 6) is 1.39. The van der Waals surface area contributed by atoms with Crippen molar-refractivity contribution in [3.05, 3.63) is 35.3 Å². The molecule has 2 atom stereocenters. The Labute approximate surface area is 96.3 Å². The first-order chi connectivity index (χ1) is 7.65. The van der Waals surface area contributed by atoms with Gasteiger partial charge in [0.15, 0.2) is 0 Å². The standard InChI is InChI=1S/C14H18N2/c1-9-4-5-13-15-14-11(3)6-10(2)7-12(14)16(13)8-9/h4-5,8,10-11H,6-7H2,1-3H3. The van der Waals surface area contributed by atoms with Gasteiger partial charge in [-0.05, 0) is 37.3 Å². The molecule has 0 bridgehead atoms. The van der Waals surface area contributed by atoms with E-state index in [1.807, 2.05) is 0 Å². The van der Waals surface area contributed by atoms with Gasteiger partial charge < -0.3 is 4.40 Å². The molecular weight excluding hydrogens is 196 g/mol. The predicted octanol–water partition coefficient (Wildman–Crippen LogP) is 3.33. The Morgan fingerprint density at radius 2 is 2.12 bits per heavy atom. The largest absolute Gasteiger partial charge is 0.304 e. The molecule has 0 fully saturated rings. The van der Waals surface area contributed by atoms with Crippen LogP contribution in [0.5, 0.6) is 0 Å². The normalized spacial score (nSPS) is 24.7. The second-order valence-electron chi connectivity index (χ2n) is 5.32. The summed E-state index contributed by atoms with van der Waals surface area (Å²) in [6, 6.07) is 4.27. The van der Waals surface area contributed by atoms with Gasteiger partial charge in [-0.25, -0.2) is 4.98 Å². The second kappa shape index (κ2) is 3.34. The minimum absolute atomic E-state index is 0.610. The minimum atomic E-state index is 0.610. The first kappa shape index (κ1) is 9.88. The lowest BCUT2D eigenvalue weighted by molar-refractivity contribution is 0.438. The molecule has 0 saturated carbocycles. The predicted molar refractivity (Wildman–Crippen MR) is 65.8 cm³/mol. The average Bonchev–Trinajstić information content (AvgIpc) is 2.57. The highest BCUT2D eigenvalue weighted by Gasteiger charge is 2.25. The van der Waals surface area contributed by atoms with E-state index >= 15 is 0 Å². The number of rotatable bonds is 0. The molecule has 2 heterocycles. The molecule has 0 spiro atoms. The first-order valence-electron chi connectivity index (χ1n) is 6.12. The van der Waals surface area contributed by atoms with Crippen LogP contribution in [0.25, 0.3) is 5.65 Å². The van der Waals surface area contributed by atoms with Crippen LogP contribution in [0.1, 0.15) is 43.1 Å². The van der Waals surface area contributed by atoms with Crippen LogP contribution in [0.2, 0.25) is 0 Å². The van der Waals surface area contributed by atoms with Gasteiger partial charge >= 0.3 is 0 Å². The number of hydrogen-bond donors (Lipinski definition) is 0. The highest BCUT2D eigenvalue weighted by Crippen LogP contribution is 2.34. The number of fused-ring (bicyclic) bond motifs is 3. The van der Waals surface area contributed by atoms with Crippen molar-refractivity contribution in [2.45, 2.75) is 39.5 Å². The number of aryl methyl sites for hydroxylation is 1. The summed E-state index contributed by atoms with van der Waals surface area (Å²) in [6.45, 7) is 6.78. The van der Waals surface area contributed by atoms with Crippen LogP contribution < -0.4 is 0 Å². The van der Waals surface area contributed by atoms with Crippen molar-refractivity contribution in [3.8, 4) is 0 Å². The van der Waals surface area contributed by atoms with Gasteiger partial charge in [-0.15, -0.1) is 0 Å². The zero-order valence-electron chi connectivity index (χ0n) is 10.2. The molecule has 84 valence electrons. The molecule has 0 N–H and O–H groups in total. The lowest BCUT2D eigenvalue weighted by Gasteiger charge is -2.23. The van der Waals surface area contributed by atoms with E-state index in [9.17, 15) is 0 Å². The van der Waals surface area contributed by atoms with Gasteiger partial charge in [0.1, 0.15) is 5.65 Å². The molecule has 0 radical (unpaired) electrons. The maximum absolute atomic E-state index is 4.77. The second-order valence-corrected chi connectivity index (χ2v) is 5.32. The Morgan fingerprint density at radius 3 is 2.94 bits per heavy atom. The topological polar surface area (TPSA) is 17.3 Å². The lowest BCUT2D eigenvalue weighted by Crippen LogP contribution is -2.15. The monoisotopic (exact) mass is 214 g/mol. The van der Waals surface area contributed by atoms with Crippen LogP contribution in [-0.2, 0) is 6.42 Å². The number of imidazole rings is 1. The Bertz CT molecular complexity index is 539. The molecule has 2 unspecified atom stereocenters. The molecule has 0 amide bonds. The SMILES string of the molecule is Cc1ccc2nc3c(n2c1)CC(C)CC3C. The van der Waals surface area contributed by atoms with Crippen molar-refractivity contribution < 1.29 is 0 Å². The third-order valence-electron chi connectivity index (χ3n) is 3.66. The summed E-state index contributed by atoms with van der Waals surface area (Å²) in [7, 11) is 0. The lowest BCUT2D eigenvalue weighted by atomic mass is 9.84. The quantitative estimate of drug-likeness (QED) is 0.657. The van der Waals surface area contributed by atoms with Crippen molar-refractivity contribution in [1.29, 1.82) is 0 Å². The van der Waals surface area contributed by atoms with Gasteiger partial charge in [0, 0.05) is 17.8 Å². The summed E-state index contributed by atoms with van der Waals surface area (Å²) >= 11 is 0. The fourth-order valence-electron chi connectivity index (χ4n) is 2.94. The van der Waals surface area contributed by atoms with E-state index in [-0.39, 0.29) is 0 Å². The molecule has 1 aliphatic carbocycles. The maximum Gasteiger partial charge on any atom is 0.137 e. The van der Waals surface area contributed by atoms with E-state index in [2.05, 4.69) is 43.5 Å². The van der Waals surface area contributed by atoms with Gasteiger partial charge in [-0.1, -0.05) is 19.9 Å². The Hall–Kier alpha value is -1.31. The van der Waals surface area contributed by atoms with E-state index in [0.717, 1.165) is 11.6 Å². The minimum Gasteiger partial charge on any atom is -0.304 e. The van der Waals surface area contributed by atoms with Crippen LogP contribution in [0.4, 0.5) is 0 Å². The maximum atomic E-state index is 4.77. The van der Waals surface area contributed by atoms with Crippen molar-refractivity contribution in [3.63, 3.8) is 0 Å². The highest BCUT2D eigenvalue weighted by molar-refractivity contribution is 5.46. The fourth-order valence-corrected chi connectivity index (χ4v) is 2.94. The smallest absolute Gasteiger partial charge is 0.137 e. The van der Waals surface area contributed by atoms with E-state index < -0.39 is 0 Å². The van der Waals surface area contributed by atoms with Crippen molar-refractivity contribution in [2.24, 2.45) is 5.92 Å². The number of pyridine rings is 1. The fraction of sp³-hybridized carbons (Fsp3) is 0.500. The van der Waals surface area contributed by atoms with E-state index in [0.29, 0.717) is 5.92 Å². The summed E-state index contributed by atoms with van der Waals surface area (Å²) in [5.41, 5.74) is 5.17. The molecule has 2 nitrogen and oxygen atoms in total. The molecule has 1 aliphatic rings. The molecular formula is C14H18N2. The summed E-state index contributed by atoms with van der Waals surface area (Å²) in [5, 5.41) is 0. The summed E-state index contributed by atoms with van der Waals surface area (Å²) < 4.78 is 2.29. The third kappa shape index (κ3) is 1.36. The first-order valence-corrected chi connectivity index (χ1v) is 6.12. The van der Waals surface area contributed by atoms with Crippen LogP contribution >= 0.6 is 0 Å². The summed E-state index contributed by atoms with van der Waals surface area (Å²) in [4.78, 5) is 4.77. The van der Waals surface area contributed by atoms with E-state index in [4.69, 9.17) is 4.98 Å². The average molecular weight is 214 g/mol. The molecule has 16 heavy (non-hydrogen) atoms. The molecule has 2 aromatic rings. The highest BCUT2D eigenvalue weighted by atomic mass is 15.0. The van der Waals surface area contributed by atoms with Crippen molar-refractivity contribution in [1.82, 2.24) is 9.38 Å². The number of aromatic nitrogens is 2. The Balaban J connectivity index is 2.27.